The Morgan fingerprint density at radius 3 is 1.62 bits per heavy atom. The minimum absolute atomic E-state index is 0.196. The van der Waals surface area contributed by atoms with E-state index in [9.17, 15) is 9.59 Å². The second kappa shape index (κ2) is 7.54. The number of amides is 2. The Labute approximate surface area is 168 Å². The first-order valence-electron chi connectivity index (χ1n) is 9.27. The van der Waals surface area contributed by atoms with Gasteiger partial charge in [0.2, 0.25) is 25.4 Å². The lowest BCUT2D eigenvalue weighted by Crippen LogP contribution is -2.47. The van der Waals surface area contributed by atoms with Gasteiger partial charge in [0.15, 0.2) is 23.0 Å². The first kappa shape index (κ1) is 18.9. The van der Waals surface area contributed by atoms with Crippen molar-refractivity contribution in [3.63, 3.8) is 0 Å². The molecule has 0 atom stereocenters. The number of rotatable bonds is 6. The number of carbonyl (C=O) groups excluding carboxylic acids is 2. The molecule has 0 aliphatic carbocycles. The minimum Gasteiger partial charge on any atom is -0.454 e. The van der Waals surface area contributed by atoms with E-state index in [1.807, 2.05) is 24.3 Å². The van der Waals surface area contributed by atoms with Gasteiger partial charge in [-0.2, -0.15) is 0 Å². The predicted octanol–water partition coefficient (Wildman–Crippen LogP) is 2.10. The van der Waals surface area contributed by atoms with E-state index in [0.717, 1.165) is 11.1 Å². The third-order valence-corrected chi connectivity index (χ3v) is 4.92. The van der Waals surface area contributed by atoms with Crippen molar-refractivity contribution in [1.82, 2.24) is 10.6 Å². The molecule has 0 spiro atoms. The molecule has 29 heavy (non-hydrogen) atoms. The summed E-state index contributed by atoms with van der Waals surface area (Å²) in [5, 5.41) is 5.62. The molecule has 0 saturated heterocycles. The molecule has 2 aromatic rings. The van der Waals surface area contributed by atoms with Crippen molar-refractivity contribution >= 4 is 11.8 Å². The summed E-state index contributed by atoms with van der Waals surface area (Å²) in [6.07, 6.45) is 0. The Hall–Kier alpha value is -3.42. The van der Waals surface area contributed by atoms with Crippen LogP contribution in [0.1, 0.15) is 25.0 Å². The van der Waals surface area contributed by atoms with Gasteiger partial charge in [0.1, 0.15) is 5.41 Å². The minimum atomic E-state index is -1.23. The lowest BCUT2D eigenvalue weighted by molar-refractivity contribution is -0.141. The molecule has 2 N–H and O–H groups in total. The van der Waals surface area contributed by atoms with E-state index in [1.165, 1.54) is 0 Å². The van der Waals surface area contributed by atoms with Crippen LogP contribution < -0.4 is 29.6 Å². The number of fused-ring (bicyclic) bond motifs is 2. The summed E-state index contributed by atoms with van der Waals surface area (Å²) in [6, 6.07) is 10.9. The van der Waals surface area contributed by atoms with Crippen LogP contribution >= 0.6 is 0 Å². The highest BCUT2D eigenvalue weighted by Crippen LogP contribution is 2.33. The summed E-state index contributed by atoms with van der Waals surface area (Å²) in [4.78, 5) is 25.2. The number of hydrogen-bond donors (Lipinski definition) is 2. The van der Waals surface area contributed by atoms with Crippen molar-refractivity contribution in [2.45, 2.75) is 26.9 Å². The van der Waals surface area contributed by atoms with Crippen molar-refractivity contribution in [2.75, 3.05) is 13.6 Å². The zero-order chi connectivity index (χ0) is 20.4. The zero-order valence-electron chi connectivity index (χ0n) is 16.2. The van der Waals surface area contributed by atoms with Crippen LogP contribution in [0.3, 0.4) is 0 Å². The maximum Gasteiger partial charge on any atom is 0.235 e. The molecule has 2 amide bonds. The smallest absolute Gasteiger partial charge is 0.235 e. The Morgan fingerprint density at radius 1 is 0.759 bits per heavy atom. The van der Waals surface area contributed by atoms with Crippen LogP contribution in [-0.4, -0.2) is 25.4 Å². The average Bonchev–Trinajstić information content (AvgIpc) is 3.38. The lowest BCUT2D eigenvalue weighted by Gasteiger charge is -2.23. The van der Waals surface area contributed by atoms with Crippen LogP contribution in [0.15, 0.2) is 36.4 Å². The molecule has 0 saturated carbocycles. The largest absolute Gasteiger partial charge is 0.454 e. The molecule has 2 aliphatic heterocycles. The van der Waals surface area contributed by atoms with Crippen LogP contribution in [0, 0.1) is 5.41 Å². The third-order valence-electron chi connectivity index (χ3n) is 4.92. The summed E-state index contributed by atoms with van der Waals surface area (Å²) < 4.78 is 21.2. The molecular formula is C21H22N2O6. The van der Waals surface area contributed by atoms with Gasteiger partial charge >= 0.3 is 0 Å². The number of hydrogen-bond acceptors (Lipinski definition) is 6. The Morgan fingerprint density at radius 2 is 1.17 bits per heavy atom. The molecule has 8 nitrogen and oxygen atoms in total. The van der Waals surface area contributed by atoms with Gasteiger partial charge in [0.25, 0.3) is 0 Å². The second-order valence-corrected chi connectivity index (χ2v) is 7.37. The first-order chi connectivity index (χ1) is 13.9. The summed E-state index contributed by atoms with van der Waals surface area (Å²) >= 11 is 0. The number of nitrogens with one attached hydrogen (secondary N) is 2. The molecule has 2 aromatic carbocycles. The van der Waals surface area contributed by atoms with Crippen molar-refractivity contribution in [1.29, 1.82) is 0 Å². The van der Waals surface area contributed by atoms with Crippen molar-refractivity contribution in [3.05, 3.63) is 47.5 Å². The quantitative estimate of drug-likeness (QED) is 0.724. The molecule has 152 valence electrons. The number of carbonyl (C=O) groups is 2. The van der Waals surface area contributed by atoms with Crippen LogP contribution in [0.25, 0.3) is 0 Å². The van der Waals surface area contributed by atoms with Gasteiger partial charge in [-0.25, -0.2) is 0 Å². The normalized spacial score (nSPS) is 13.9. The molecule has 0 fully saturated rings. The maximum atomic E-state index is 12.6. The van der Waals surface area contributed by atoms with Crippen LogP contribution in [-0.2, 0) is 22.7 Å². The van der Waals surface area contributed by atoms with Crippen molar-refractivity contribution in [3.8, 4) is 23.0 Å². The van der Waals surface area contributed by atoms with E-state index in [-0.39, 0.29) is 38.5 Å². The third kappa shape index (κ3) is 3.91. The van der Waals surface area contributed by atoms with Crippen molar-refractivity contribution in [2.24, 2.45) is 5.41 Å². The van der Waals surface area contributed by atoms with E-state index in [0.29, 0.717) is 23.0 Å². The fourth-order valence-corrected chi connectivity index (χ4v) is 3.01. The lowest BCUT2D eigenvalue weighted by atomic mass is 9.91. The standard InChI is InChI=1S/C21H22N2O6/c1-21(2,19(24)22-9-13-3-5-15-17(7-13)28-11-26-15)20(25)23-10-14-4-6-16-18(8-14)29-12-27-16/h3-8H,9-12H2,1-2H3,(H,22,24)(H,23,25). The molecule has 0 unspecified atom stereocenters. The van der Waals surface area contributed by atoms with Crippen LogP contribution in [0.2, 0.25) is 0 Å². The summed E-state index contributed by atoms with van der Waals surface area (Å²) in [7, 11) is 0. The summed E-state index contributed by atoms with van der Waals surface area (Å²) in [6.45, 7) is 4.15. The van der Waals surface area contributed by atoms with Gasteiger partial charge < -0.3 is 29.6 Å². The highest BCUT2D eigenvalue weighted by Gasteiger charge is 2.35. The van der Waals surface area contributed by atoms with Gasteiger partial charge in [-0.15, -0.1) is 0 Å². The second-order valence-electron chi connectivity index (χ2n) is 7.37. The number of ether oxygens (including phenoxy) is 4. The average molecular weight is 398 g/mol. The topological polar surface area (TPSA) is 95.1 Å². The van der Waals surface area contributed by atoms with Crippen LogP contribution in [0.5, 0.6) is 23.0 Å². The molecule has 0 bridgehead atoms. The molecule has 2 aliphatic rings. The molecule has 0 radical (unpaired) electrons. The van der Waals surface area contributed by atoms with E-state index >= 15 is 0 Å². The molecule has 0 aromatic heterocycles. The SMILES string of the molecule is CC(C)(C(=O)NCc1ccc2c(c1)OCO2)C(=O)NCc1ccc2c(c1)OCO2. The Kier molecular flexibility index (Phi) is 4.92. The highest BCUT2D eigenvalue weighted by atomic mass is 16.7. The van der Waals surface area contributed by atoms with Gasteiger partial charge in [-0.05, 0) is 49.2 Å². The summed E-state index contributed by atoms with van der Waals surface area (Å²) in [5.74, 6) is 1.94. The Balaban J connectivity index is 1.31. The predicted molar refractivity (Wildman–Crippen MR) is 103 cm³/mol. The molecule has 8 heteroatoms. The van der Waals surface area contributed by atoms with E-state index < -0.39 is 5.41 Å². The van der Waals surface area contributed by atoms with E-state index in [1.54, 1.807) is 26.0 Å². The number of benzene rings is 2. The summed E-state index contributed by atoms with van der Waals surface area (Å²) in [5.41, 5.74) is 0.491. The fraction of sp³-hybridized carbons (Fsp3) is 0.333. The van der Waals surface area contributed by atoms with Gasteiger partial charge in [-0.1, -0.05) is 12.1 Å². The van der Waals surface area contributed by atoms with E-state index in [2.05, 4.69) is 10.6 Å². The van der Waals surface area contributed by atoms with Crippen LogP contribution in [0.4, 0.5) is 0 Å². The molecular weight excluding hydrogens is 376 g/mol. The maximum absolute atomic E-state index is 12.6. The van der Waals surface area contributed by atoms with Crippen molar-refractivity contribution < 1.29 is 28.5 Å². The molecule has 2 heterocycles. The highest BCUT2D eigenvalue weighted by molar-refractivity contribution is 6.04. The monoisotopic (exact) mass is 398 g/mol. The fourth-order valence-electron chi connectivity index (χ4n) is 3.01. The zero-order valence-corrected chi connectivity index (χ0v) is 16.2. The van der Waals surface area contributed by atoms with E-state index in [4.69, 9.17) is 18.9 Å². The Bertz CT molecular complexity index is 881. The van der Waals surface area contributed by atoms with Gasteiger partial charge in [-0.3, -0.25) is 9.59 Å². The molecule has 4 rings (SSSR count). The van der Waals surface area contributed by atoms with Gasteiger partial charge in [0.05, 0.1) is 0 Å². The van der Waals surface area contributed by atoms with Gasteiger partial charge in [0, 0.05) is 13.1 Å². The first-order valence-corrected chi connectivity index (χ1v) is 9.27.